The lowest BCUT2D eigenvalue weighted by Crippen LogP contribution is -2.10. The fourth-order valence-corrected chi connectivity index (χ4v) is 7.54. The third-order valence-corrected chi connectivity index (χ3v) is 9.81. The molecule has 240 valence electrons. The summed E-state index contributed by atoms with van der Waals surface area (Å²) in [6.07, 6.45) is 0. The number of rotatable bonds is 6. The highest BCUT2D eigenvalue weighted by atomic mass is 16.3. The second-order valence-corrected chi connectivity index (χ2v) is 12.8. The largest absolute Gasteiger partial charge is 0.435 e. The number of benzene rings is 8. The van der Waals surface area contributed by atoms with Crippen molar-refractivity contribution in [3.05, 3.63) is 188 Å². The van der Waals surface area contributed by atoms with Gasteiger partial charge in [0.1, 0.15) is 5.52 Å². The fraction of sp³-hybridized carbons (Fsp3) is 0. The average molecular weight is 654 g/mol. The molecular weight excluding hydrogens is 623 g/mol. The van der Waals surface area contributed by atoms with Crippen LogP contribution in [0.4, 0.5) is 17.1 Å². The molecule has 4 nitrogen and oxygen atoms in total. The monoisotopic (exact) mass is 653 g/mol. The Morgan fingerprint density at radius 2 is 1.10 bits per heavy atom. The molecule has 4 heteroatoms. The van der Waals surface area contributed by atoms with E-state index in [0.29, 0.717) is 5.89 Å². The molecule has 0 aliphatic heterocycles. The van der Waals surface area contributed by atoms with Crippen LogP contribution in [0, 0.1) is 0 Å². The van der Waals surface area contributed by atoms with Crippen LogP contribution in [-0.4, -0.2) is 9.55 Å². The smallest absolute Gasteiger partial charge is 0.227 e. The van der Waals surface area contributed by atoms with Gasteiger partial charge in [-0.1, -0.05) is 115 Å². The Morgan fingerprint density at radius 1 is 0.451 bits per heavy atom. The van der Waals surface area contributed by atoms with Crippen LogP contribution in [0.2, 0.25) is 0 Å². The molecule has 0 bridgehead atoms. The minimum Gasteiger partial charge on any atom is -0.435 e. The fourth-order valence-electron chi connectivity index (χ4n) is 7.54. The van der Waals surface area contributed by atoms with Crippen molar-refractivity contribution in [2.45, 2.75) is 0 Å². The van der Waals surface area contributed by atoms with Gasteiger partial charge in [-0.3, -0.25) is 0 Å². The normalized spacial score (nSPS) is 11.5. The van der Waals surface area contributed by atoms with E-state index < -0.39 is 0 Å². The van der Waals surface area contributed by atoms with Crippen LogP contribution in [-0.2, 0) is 0 Å². The number of hydrogen-bond donors (Lipinski definition) is 0. The maximum atomic E-state index is 6.38. The zero-order chi connectivity index (χ0) is 33.7. The Hall–Kier alpha value is -6.91. The van der Waals surface area contributed by atoms with E-state index in [1.54, 1.807) is 0 Å². The van der Waals surface area contributed by atoms with Crippen molar-refractivity contribution >= 4 is 60.7 Å². The second-order valence-electron chi connectivity index (χ2n) is 12.8. The second kappa shape index (κ2) is 11.9. The topological polar surface area (TPSA) is 34.2 Å². The Labute approximate surface area is 295 Å². The number of anilines is 3. The van der Waals surface area contributed by atoms with Crippen LogP contribution in [0.3, 0.4) is 0 Å². The highest BCUT2D eigenvalue weighted by Gasteiger charge is 2.21. The zero-order valence-electron chi connectivity index (χ0n) is 27.6. The number of oxazole rings is 1. The standard InChI is InChI=1S/C47H31N3O/c1-4-14-33(15-5-1)47-48-41-31-30-38-37(21-12-22-39(38)46(41)51-47)32-26-28-36(29-27-32)49(34-16-6-2-7-17-34)43-24-13-25-44-45(43)40-20-10-11-23-42(40)50(44)35-18-8-3-9-19-35/h1-31H. The van der Waals surface area contributed by atoms with Crippen LogP contribution in [0.15, 0.2) is 192 Å². The summed E-state index contributed by atoms with van der Waals surface area (Å²) in [7, 11) is 0. The number of hydrogen-bond acceptors (Lipinski definition) is 3. The van der Waals surface area contributed by atoms with Crippen molar-refractivity contribution in [3.63, 3.8) is 0 Å². The first-order valence-electron chi connectivity index (χ1n) is 17.2. The number of aromatic nitrogens is 2. The van der Waals surface area contributed by atoms with Gasteiger partial charge in [-0.05, 0) is 89.3 Å². The first-order valence-corrected chi connectivity index (χ1v) is 17.2. The van der Waals surface area contributed by atoms with Gasteiger partial charge in [0, 0.05) is 38.8 Å². The maximum Gasteiger partial charge on any atom is 0.227 e. The Balaban J connectivity index is 1.12. The first kappa shape index (κ1) is 29.0. The van der Waals surface area contributed by atoms with Crippen molar-refractivity contribution in [3.8, 4) is 28.3 Å². The molecule has 0 unspecified atom stereocenters. The van der Waals surface area contributed by atoms with Crippen LogP contribution < -0.4 is 4.90 Å². The molecule has 10 rings (SSSR count). The number of nitrogens with zero attached hydrogens (tertiary/aromatic N) is 3. The summed E-state index contributed by atoms with van der Waals surface area (Å²) in [6.45, 7) is 0. The molecule has 8 aromatic carbocycles. The summed E-state index contributed by atoms with van der Waals surface area (Å²) in [5.41, 5.74) is 11.7. The number of fused-ring (bicyclic) bond motifs is 6. The third-order valence-electron chi connectivity index (χ3n) is 9.81. The van der Waals surface area contributed by atoms with Gasteiger partial charge in [-0.2, -0.15) is 0 Å². The summed E-state index contributed by atoms with van der Waals surface area (Å²) in [5.74, 6) is 0.635. The van der Waals surface area contributed by atoms with E-state index in [4.69, 9.17) is 9.40 Å². The van der Waals surface area contributed by atoms with E-state index in [1.165, 1.54) is 21.8 Å². The van der Waals surface area contributed by atoms with Crippen molar-refractivity contribution in [1.82, 2.24) is 9.55 Å². The van der Waals surface area contributed by atoms with E-state index in [2.05, 4.69) is 167 Å². The maximum absolute atomic E-state index is 6.38. The highest BCUT2D eigenvalue weighted by Crippen LogP contribution is 2.44. The van der Waals surface area contributed by atoms with Crippen LogP contribution in [0.5, 0.6) is 0 Å². The molecule has 0 aliphatic rings. The molecule has 0 radical (unpaired) electrons. The molecule has 0 aliphatic carbocycles. The molecule has 0 saturated heterocycles. The summed E-state index contributed by atoms with van der Waals surface area (Å²) < 4.78 is 8.75. The molecule has 0 atom stereocenters. The lowest BCUT2D eigenvalue weighted by Gasteiger charge is -2.26. The summed E-state index contributed by atoms with van der Waals surface area (Å²) in [5, 5.41) is 4.61. The van der Waals surface area contributed by atoms with Gasteiger partial charge < -0.3 is 13.9 Å². The van der Waals surface area contributed by atoms with Crippen molar-refractivity contribution in [2.75, 3.05) is 4.90 Å². The number of para-hydroxylation sites is 3. The predicted octanol–water partition coefficient (Wildman–Crippen LogP) is 12.9. The first-order chi connectivity index (χ1) is 25.3. The Morgan fingerprint density at radius 3 is 1.90 bits per heavy atom. The van der Waals surface area contributed by atoms with Gasteiger partial charge in [0.25, 0.3) is 0 Å². The average Bonchev–Trinajstić information content (AvgIpc) is 3.80. The zero-order valence-corrected chi connectivity index (χ0v) is 27.6. The lowest BCUT2D eigenvalue weighted by atomic mass is 9.97. The molecule has 2 heterocycles. The van der Waals surface area contributed by atoms with Crippen LogP contribution in [0.25, 0.3) is 71.9 Å². The molecule has 51 heavy (non-hydrogen) atoms. The molecule has 0 saturated carbocycles. The highest BCUT2D eigenvalue weighted by molar-refractivity contribution is 6.16. The molecule has 0 N–H and O–H groups in total. The van der Waals surface area contributed by atoms with Crippen LogP contribution >= 0.6 is 0 Å². The molecule has 0 spiro atoms. The van der Waals surface area contributed by atoms with Gasteiger partial charge in [0.2, 0.25) is 5.89 Å². The SMILES string of the molecule is c1ccc(-c2nc3ccc4c(-c5ccc(N(c6ccccc6)c6cccc7c6c6ccccc6n7-c6ccccc6)cc5)cccc4c3o2)cc1. The van der Waals surface area contributed by atoms with Crippen LogP contribution in [0.1, 0.15) is 0 Å². The summed E-state index contributed by atoms with van der Waals surface area (Å²) >= 11 is 0. The Kier molecular flexibility index (Phi) is 6.78. The van der Waals surface area contributed by atoms with Gasteiger partial charge >= 0.3 is 0 Å². The van der Waals surface area contributed by atoms with E-state index >= 15 is 0 Å². The van der Waals surface area contributed by atoms with Gasteiger partial charge in [-0.25, -0.2) is 4.98 Å². The summed E-state index contributed by atoms with van der Waals surface area (Å²) in [6, 6.07) is 66.3. The summed E-state index contributed by atoms with van der Waals surface area (Å²) in [4.78, 5) is 7.18. The Bertz CT molecular complexity index is 2840. The van der Waals surface area contributed by atoms with Crippen molar-refractivity contribution in [2.24, 2.45) is 0 Å². The van der Waals surface area contributed by atoms with Crippen molar-refractivity contribution < 1.29 is 4.42 Å². The lowest BCUT2D eigenvalue weighted by molar-refractivity contribution is 0.623. The van der Waals surface area contributed by atoms with Gasteiger partial charge in [0.05, 0.1) is 16.7 Å². The molecule has 0 amide bonds. The third kappa shape index (κ3) is 4.80. The van der Waals surface area contributed by atoms with Gasteiger partial charge in [0.15, 0.2) is 5.58 Å². The predicted molar refractivity (Wildman–Crippen MR) is 211 cm³/mol. The van der Waals surface area contributed by atoms with E-state index in [9.17, 15) is 0 Å². The molecule has 2 aromatic heterocycles. The molecular formula is C47H31N3O. The molecule has 10 aromatic rings. The van der Waals surface area contributed by atoms with Gasteiger partial charge in [-0.15, -0.1) is 0 Å². The van der Waals surface area contributed by atoms with E-state index in [-0.39, 0.29) is 0 Å². The minimum atomic E-state index is 0.635. The van der Waals surface area contributed by atoms with Crippen molar-refractivity contribution in [1.29, 1.82) is 0 Å². The van der Waals surface area contributed by atoms with E-state index in [1.807, 2.05) is 30.3 Å². The minimum absolute atomic E-state index is 0.635. The quantitative estimate of drug-likeness (QED) is 0.179. The van der Waals surface area contributed by atoms with E-state index in [0.717, 1.165) is 61.3 Å². The molecule has 0 fully saturated rings.